The summed E-state index contributed by atoms with van der Waals surface area (Å²) < 4.78 is 0.919. The van der Waals surface area contributed by atoms with Crippen molar-refractivity contribution in [3.05, 3.63) is 39.5 Å². The van der Waals surface area contributed by atoms with E-state index in [2.05, 4.69) is 22.1 Å². The van der Waals surface area contributed by atoms with Gasteiger partial charge in [0.25, 0.3) is 0 Å². The van der Waals surface area contributed by atoms with Crippen LogP contribution >= 0.6 is 23.3 Å². The summed E-state index contributed by atoms with van der Waals surface area (Å²) in [5.41, 5.74) is 9.56. The van der Waals surface area contributed by atoms with E-state index >= 15 is 0 Å². The second kappa shape index (κ2) is 10.2. The summed E-state index contributed by atoms with van der Waals surface area (Å²) in [4.78, 5) is 24.4. The van der Waals surface area contributed by atoms with Gasteiger partial charge in [0.2, 0.25) is 6.41 Å². The third-order valence-corrected chi connectivity index (χ3v) is 6.74. The summed E-state index contributed by atoms with van der Waals surface area (Å²) in [6.07, 6.45) is 7.12. The number of nitrogens with zero attached hydrogens (tertiary/aromatic N) is 1. The Labute approximate surface area is 179 Å². The predicted octanol–water partition coefficient (Wildman–Crippen LogP) is 2.78. The van der Waals surface area contributed by atoms with Crippen molar-refractivity contribution in [1.82, 2.24) is 4.98 Å². The maximum atomic E-state index is 11.8. The molecule has 0 aliphatic heterocycles. The first-order valence-corrected chi connectivity index (χ1v) is 11.1. The molecule has 4 rings (SSSR count). The number of aryl methyl sites for hydroxylation is 2. The lowest BCUT2D eigenvalue weighted by atomic mass is 9.98. The van der Waals surface area contributed by atoms with Crippen LogP contribution in [0.25, 0.3) is 0 Å². The molecule has 158 valence electrons. The van der Waals surface area contributed by atoms with E-state index in [-0.39, 0.29) is 6.41 Å². The smallest absolute Gasteiger partial charge is 0.204 e. The maximum absolute atomic E-state index is 11.8. The molecule has 2 aliphatic carbocycles. The molecule has 0 radical (unpaired) electrons. The number of amides is 1. The third-order valence-electron chi connectivity index (χ3n) is 4.76. The SMILES string of the molecule is CC(C)(O)c1ncc(SN)s1.CNc1c2c(cc3c1C(=O)CC3)CCC2.NC=O. The molecule has 0 fully saturated rings. The highest BCUT2D eigenvalue weighted by Crippen LogP contribution is 2.38. The van der Waals surface area contributed by atoms with Crippen molar-refractivity contribution in [3.63, 3.8) is 0 Å². The van der Waals surface area contributed by atoms with Crippen molar-refractivity contribution in [2.24, 2.45) is 10.9 Å². The number of rotatable bonds is 3. The quantitative estimate of drug-likeness (QED) is 0.430. The minimum atomic E-state index is -0.849. The van der Waals surface area contributed by atoms with Gasteiger partial charge in [-0.15, -0.1) is 11.3 Å². The number of hydrogen-bond acceptors (Lipinski definition) is 8. The summed E-state index contributed by atoms with van der Waals surface area (Å²) in [6, 6.07) is 2.27. The first-order chi connectivity index (χ1) is 13.8. The number of thiazole rings is 1. The van der Waals surface area contributed by atoms with Crippen molar-refractivity contribution >= 4 is 41.2 Å². The molecule has 6 N–H and O–H groups in total. The van der Waals surface area contributed by atoms with Crippen LogP contribution in [-0.2, 0) is 29.7 Å². The Morgan fingerprint density at radius 3 is 2.48 bits per heavy atom. The van der Waals surface area contributed by atoms with E-state index in [0.29, 0.717) is 17.2 Å². The van der Waals surface area contributed by atoms with E-state index in [1.54, 1.807) is 20.0 Å². The number of fused-ring (bicyclic) bond motifs is 2. The second-order valence-electron chi connectivity index (χ2n) is 7.25. The molecule has 0 bridgehead atoms. The maximum Gasteiger partial charge on any atom is 0.204 e. The lowest BCUT2D eigenvalue weighted by Gasteiger charge is -2.13. The highest BCUT2D eigenvalue weighted by atomic mass is 32.2. The molecule has 7 nitrogen and oxygen atoms in total. The largest absolute Gasteiger partial charge is 0.387 e. The van der Waals surface area contributed by atoms with Gasteiger partial charge in [0.1, 0.15) is 10.6 Å². The van der Waals surface area contributed by atoms with Crippen molar-refractivity contribution in [3.8, 4) is 0 Å². The number of carbonyl (C=O) groups is 2. The summed E-state index contributed by atoms with van der Waals surface area (Å²) in [6.45, 7) is 3.41. The van der Waals surface area contributed by atoms with Gasteiger partial charge >= 0.3 is 0 Å². The minimum Gasteiger partial charge on any atom is -0.387 e. The third kappa shape index (κ3) is 5.57. The van der Waals surface area contributed by atoms with Gasteiger partial charge in [-0.2, -0.15) is 0 Å². The van der Waals surface area contributed by atoms with Gasteiger partial charge in [0.05, 0.1) is 10.4 Å². The fraction of sp³-hybridized carbons (Fsp3) is 0.450. The van der Waals surface area contributed by atoms with E-state index < -0.39 is 5.60 Å². The molecule has 0 atom stereocenters. The van der Waals surface area contributed by atoms with E-state index in [0.717, 1.165) is 40.2 Å². The molecule has 29 heavy (non-hydrogen) atoms. The molecule has 2 aromatic rings. The zero-order valence-corrected chi connectivity index (χ0v) is 18.6. The van der Waals surface area contributed by atoms with Gasteiger partial charge < -0.3 is 16.2 Å². The fourth-order valence-corrected chi connectivity index (χ4v) is 4.76. The highest BCUT2D eigenvalue weighted by molar-refractivity contribution is 7.99. The Kier molecular flexibility index (Phi) is 8.21. The summed E-state index contributed by atoms with van der Waals surface area (Å²) in [5.74, 6) is 0.323. The molecule has 0 saturated heterocycles. The first-order valence-electron chi connectivity index (χ1n) is 9.36. The summed E-state index contributed by atoms with van der Waals surface area (Å²) >= 11 is 2.57. The number of hydrogen-bond donors (Lipinski definition) is 4. The molecule has 1 amide bonds. The number of nitrogens with one attached hydrogen (secondary N) is 1. The Morgan fingerprint density at radius 1 is 1.28 bits per heavy atom. The summed E-state index contributed by atoms with van der Waals surface area (Å²) in [5, 5.41) is 18.7. The standard InChI is InChI=1S/C13H15NO.C6H10N2OS2.CH3NO/c1-14-13-10-4-2-3-8(10)7-9-5-6-11(15)12(9)13;1-6(2,9)5-8-3-4(10-5)11-7;2-1-3/h7,14H,2-6H2,1H3;3,9H,7H2,1-2H3;1H,(H2,2,3). The molecule has 0 saturated carbocycles. The lowest BCUT2D eigenvalue weighted by molar-refractivity contribution is -0.106. The number of ketones is 1. The number of nitrogens with two attached hydrogens (primary N) is 2. The molecule has 1 aromatic carbocycles. The van der Waals surface area contributed by atoms with Gasteiger partial charge in [0.15, 0.2) is 5.78 Å². The normalized spacial score (nSPS) is 14.2. The zero-order chi connectivity index (χ0) is 21.6. The van der Waals surface area contributed by atoms with E-state index in [1.807, 2.05) is 7.05 Å². The van der Waals surface area contributed by atoms with Gasteiger partial charge in [-0.1, -0.05) is 6.07 Å². The van der Waals surface area contributed by atoms with Crippen LogP contribution in [0.3, 0.4) is 0 Å². The Morgan fingerprint density at radius 2 is 1.97 bits per heavy atom. The van der Waals surface area contributed by atoms with Crippen molar-refractivity contribution in [1.29, 1.82) is 0 Å². The number of primary amides is 1. The minimum absolute atomic E-state index is 0.250. The molecule has 9 heteroatoms. The van der Waals surface area contributed by atoms with Crippen LogP contribution in [0.5, 0.6) is 0 Å². The summed E-state index contributed by atoms with van der Waals surface area (Å²) in [7, 11) is 1.93. The number of anilines is 1. The number of aromatic nitrogens is 1. The Bertz CT molecular complexity index is 875. The van der Waals surface area contributed by atoms with Gasteiger partial charge in [0, 0.05) is 24.7 Å². The monoisotopic (exact) mass is 436 g/mol. The fourth-order valence-electron chi connectivity index (χ4n) is 3.57. The van der Waals surface area contributed by atoms with E-state index in [4.69, 9.17) is 9.93 Å². The van der Waals surface area contributed by atoms with Gasteiger partial charge in [-0.05, 0) is 68.2 Å². The number of benzene rings is 1. The highest BCUT2D eigenvalue weighted by Gasteiger charge is 2.28. The van der Waals surface area contributed by atoms with E-state index in [9.17, 15) is 9.90 Å². The van der Waals surface area contributed by atoms with Crippen LogP contribution in [0, 0.1) is 0 Å². The van der Waals surface area contributed by atoms with Crippen molar-refractivity contribution < 1.29 is 14.7 Å². The van der Waals surface area contributed by atoms with Crippen LogP contribution in [0.1, 0.15) is 58.7 Å². The van der Waals surface area contributed by atoms with Gasteiger partial charge in [-0.3, -0.25) is 14.7 Å². The Hall–Kier alpha value is -1.94. The lowest BCUT2D eigenvalue weighted by Crippen LogP contribution is -2.14. The van der Waals surface area contributed by atoms with Gasteiger partial charge in [-0.25, -0.2) is 4.98 Å². The Balaban J connectivity index is 0.000000190. The van der Waals surface area contributed by atoms with Crippen LogP contribution in [-0.4, -0.2) is 29.3 Å². The van der Waals surface area contributed by atoms with Crippen LogP contribution in [0.2, 0.25) is 0 Å². The molecule has 0 unspecified atom stereocenters. The van der Waals surface area contributed by atoms with E-state index in [1.165, 1.54) is 40.9 Å². The molecule has 2 aliphatic rings. The number of carbonyl (C=O) groups excluding carboxylic acids is 2. The topological polar surface area (TPSA) is 131 Å². The average molecular weight is 437 g/mol. The number of aliphatic hydroxyl groups is 1. The van der Waals surface area contributed by atoms with Crippen molar-refractivity contribution in [2.75, 3.05) is 12.4 Å². The molecular weight excluding hydrogens is 408 g/mol. The molecule has 1 heterocycles. The predicted molar refractivity (Wildman–Crippen MR) is 118 cm³/mol. The average Bonchev–Trinajstić information content (AvgIpc) is 3.40. The second-order valence-corrected chi connectivity index (χ2v) is 9.21. The van der Waals surface area contributed by atoms with Crippen LogP contribution < -0.4 is 16.2 Å². The number of Topliss-reactive ketones (excluding diaryl/α,β-unsaturated/α-hetero) is 1. The molecule has 1 aromatic heterocycles. The first kappa shape index (κ1) is 23.3. The molecular formula is C20H28N4O3S2. The zero-order valence-electron chi connectivity index (χ0n) is 16.9. The van der Waals surface area contributed by atoms with Crippen LogP contribution in [0.4, 0.5) is 5.69 Å². The van der Waals surface area contributed by atoms with Crippen molar-refractivity contribution in [2.45, 2.75) is 55.8 Å². The molecule has 0 spiro atoms. The van der Waals surface area contributed by atoms with Crippen LogP contribution in [0.15, 0.2) is 16.5 Å².